The molecule has 0 bridgehead atoms. The Balaban J connectivity index is 1.60. The SMILES string of the molecule is CC1=NC(=C(/C=C(/C)N)C(=N)N2CCC(NC3CCCCC3)CC2)NO1. The van der Waals surface area contributed by atoms with Crippen molar-refractivity contribution in [3.63, 3.8) is 0 Å². The summed E-state index contributed by atoms with van der Waals surface area (Å²) >= 11 is 0. The van der Waals surface area contributed by atoms with Gasteiger partial charge in [0.05, 0.1) is 5.57 Å². The van der Waals surface area contributed by atoms with Crippen LogP contribution >= 0.6 is 0 Å². The Morgan fingerprint density at radius 3 is 2.46 bits per heavy atom. The second-order valence-corrected chi connectivity index (χ2v) is 7.60. The summed E-state index contributed by atoms with van der Waals surface area (Å²) in [5.74, 6) is 1.55. The zero-order valence-corrected chi connectivity index (χ0v) is 16.0. The average molecular weight is 361 g/mol. The number of aliphatic imine (C=N–C) groups is 1. The predicted octanol–water partition coefficient (Wildman–Crippen LogP) is 2.38. The number of amidine groups is 1. The molecule has 1 saturated heterocycles. The number of nitrogens with zero attached hydrogens (tertiary/aromatic N) is 2. The van der Waals surface area contributed by atoms with E-state index in [1.54, 1.807) is 13.0 Å². The van der Waals surface area contributed by atoms with Gasteiger partial charge in [0, 0.05) is 37.8 Å². The van der Waals surface area contributed by atoms with Gasteiger partial charge in [-0.3, -0.25) is 5.41 Å². The van der Waals surface area contributed by atoms with Crippen LogP contribution in [0.1, 0.15) is 58.8 Å². The highest BCUT2D eigenvalue weighted by atomic mass is 16.7. The van der Waals surface area contributed by atoms with Crippen LogP contribution in [0, 0.1) is 5.41 Å². The van der Waals surface area contributed by atoms with E-state index < -0.39 is 0 Å². The molecule has 7 nitrogen and oxygen atoms in total. The minimum Gasteiger partial charge on any atom is -0.402 e. The summed E-state index contributed by atoms with van der Waals surface area (Å²) in [6, 6.07) is 1.26. The highest BCUT2D eigenvalue weighted by Gasteiger charge is 2.26. The molecule has 2 aliphatic heterocycles. The van der Waals surface area contributed by atoms with Gasteiger partial charge in [-0.15, -0.1) is 0 Å². The molecule has 0 aromatic rings. The smallest absolute Gasteiger partial charge is 0.220 e. The van der Waals surface area contributed by atoms with Crippen LogP contribution in [0.4, 0.5) is 0 Å². The van der Waals surface area contributed by atoms with E-state index in [-0.39, 0.29) is 0 Å². The second kappa shape index (κ2) is 8.58. The molecule has 7 heteroatoms. The van der Waals surface area contributed by atoms with Crippen LogP contribution in [0.2, 0.25) is 0 Å². The van der Waals surface area contributed by atoms with Gasteiger partial charge in [-0.05, 0) is 38.7 Å². The van der Waals surface area contributed by atoms with Crippen LogP contribution in [-0.2, 0) is 4.84 Å². The first kappa shape index (κ1) is 18.8. The summed E-state index contributed by atoms with van der Waals surface area (Å²) < 4.78 is 0. The van der Waals surface area contributed by atoms with E-state index in [0.29, 0.717) is 40.9 Å². The van der Waals surface area contributed by atoms with Crippen molar-refractivity contribution >= 4 is 11.7 Å². The maximum atomic E-state index is 8.67. The molecule has 1 saturated carbocycles. The second-order valence-electron chi connectivity index (χ2n) is 7.60. The summed E-state index contributed by atoms with van der Waals surface area (Å²) in [5.41, 5.74) is 9.99. The Bertz CT molecular complexity index is 606. The molecule has 2 fully saturated rings. The van der Waals surface area contributed by atoms with Crippen molar-refractivity contribution in [1.29, 1.82) is 5.41 Å². The van der Waals surface area contributed by atoms with Crippen molar-refractivity contribution in [3.8, 4) is 0 Å². The molecule has 26 heavy (non-hydrogen) atoms. The van der Waals surface area contributed by atoms with Gasteiger partial charge in [-0.1, -0.05) is 19.3 Å². The van der Waals surface area contributed by atoms with Crippen LogP contribution < -0.4 is 16.5 Å². The van der Waals surface area contributed by atoms with Gasteiger partial charge in [0.25, 0.3) is 0 Å². The summed E-state index contributed by atoms with van der Waals surface area (Å²) in [7, 11) is 0. The van der Waals surface area contributed by atoms with E-state index in [4.69, 9.17) is 16.0 Å². The lowest BCUT2D eigenvalue weighted by Gasteiger charge is -2.37. The third kappa shape index (κ3) is 4.78. The van der Waals surface area contributed by atoms with Crippen LogP contribution in [0.5, 0.6) is 0 Å². The molecule has 0 spiro atoms. The fraction of sp³-hybridized carbons (Fsp3) is 0.684. The predicted molar refractivity (Wildman–Crippen MR) is 105 cm³/mol. The largest absolute Gasteiger partial charge is 0.402 e. The van der Waals surface area contributed by atoms with Crippen molar-refractivity contribution in [3.05, 3.63) is 23.2 Å². The van der Waals surface area contributed by atoms with Crippen LogP contribution in [-0.4, -0.2) is 41.8 Å². The van der Waals surface area contributed by atoms with Crippen molar-refractivity contribution in [2.75, 3.05) is 13.1 Å². The van der Waals surface area contributed by atoms with Crippen LogP contribution in [0.15, 0.2) is 28.2 Å². The van der Waals surface area contributed by atoms with Crippen molar-refractivity contribution < 1.29 is 4.84 Å². The third-order valence-electron chi connectivity index (χ3n) is 5.33. The van der Waals surface area contributed by atoms with Crippen molar-refractivity contribution in [2.45, 2.75) is 70.9 Å². The fourth-order valence-electron chi connectivity index (χ4n) is 3.96. The van der Waals surface area contributed by atoms with Gasteiger partial charge in [0.2, 0.25) is 5.90 Å². The first-order valence-electron chi connectivity index (χ1n) is 9.79. The summed E-state index contributed by atoms with van der Waals surface area (Å²) in [4.78, 5) is 11.7. The summed E-state index contributed by atoms with van der Waals surface area (Å²) in [6.45, 7) is 5.35. The van der Waals surface area contributed by atoms with E-state index >= 15 is 0 Å². The van der Waals surface area contributed by atoms with Gasteiger partial charge >= 0.3 is 0 Å². The zero-order chi connectivity index (χ0) is 18.5. The Morgan fingerprint density at radius 2 is 1.88 bits per heavy atom. The molecule has 0 aromatic heterocycles. The number of nitrogens with two attached hydrogens (primary N) is 1. The minimum absolute atomic E-state index is 0.454. The molecule has 1 aliphatic carbocycles. The Kier molecular flexibility index (Phi) is 6.19. The molecular formula is C19H32N6O. The van der Waals surface area contributed by atoms with E-state index in [0.717, 1.165) is 25.9 Å². The van der Waals surface area contributed by atoms with Crippen molar-refractivity contribution in [2.24, 2.45) is 10.7 Å². The molecule has 3 rings (SSSR count). The molecule has 3 aliphatic rings. The van der Waals surface area contributed by atoms with Crippen LogP contribution in [0.25, 0.3) is 0 Å². The molecule has 0 radical (unpaired) electrons. The number of likely N-dealkylation sites (tertiary alicyclic amines) is 1. The average Bonchev–Trinajstić information content (AvgIpc) is 3.07. The number of rotatable bonds is 4. The molecule has 5 N–H and O–H groups in total. The maximum Gasteiger partial charge on any atom is 0.220 e. The fourth-order valence-corrected chi connectivity index (χ4v) is 3.96. The number of piperidine rings is 1. The Morgan fingerprint density at radius 1 is 1.23 bits per heavy atom. The normalized spacial score (nSPS) is 24.8. The van der Waals surface area contributed by atoms with Gasteiger partial charge in [0.15, 0.2) is 5.82 Å². The van der Waals surface area contributed by atoms with E-state index in [1.807, 2.05) is 6.92 Å². The molecule has 0 aromatic carbocycles. The number of nitrogens with one attached hydrogen (secondary N) is 3. The first-order valence-corrected chi connectivity index (χ1v) is 9.79. The zero-order valence-electron chi connectivity index (χ0n) is 16.0. The Labute approximate surface area is 156 Å². The van der Waals surface area contributed by atoms with Gasteiger partial charge in [-0.2, -0.15) is 4.99 Å². The Hall–Kier alpha value is -2.02. The highest BCUT2D eigenvalue weighted by molar-refractivity contribution is 5.99. The lowest BCUT2D eigenvalue weighted by Crippen LogP contribution is -2.48. The number of hydrogen-bond acceptors (Lipinski definition) is 6. The molecule has 144 valence electrons. The molecule has 2 heterocycles. The summed E-state index contributed by atoms with van der Waals surface area (Å²) in [6.07, 6.45) is 10.7. The molecule has 0 amide bonds. The summed E-state index contributed by atoms with van der Waals surface area (Å²) in [5, 5.41) is 12.5. The monoisotopic (exact) mass is 360 g/mol. The maximum absolute atomic E-state index is 8.67. The number of hydrogen-bond donors (Lipinski definition) is 4. The highest BCUT2D eigenvalue weighted by Crippen LogP contribution is 2.22. The van der Waals surface area contributed by atoms with Gasteiger partial charge in [-0.25, -0.2) is 5.48 Å². The van der Waals surface area contributed by atoms with Gasteiger partial charge < -0.3 is 20.8 Å². The van der Waals surface area contributed by atoms with E-state index in [1.165, 1.54) is 32.1 Å². The standard InChI is InChI=1S/C19H32N6O/c1-13(20)12-17(19-22-14(2)26-24-19)18(21)25-10-8-16(9-11-25)23-15-6-4-3-5-7-15/h12,15-16,21,23-24H,3-11,20H2,1-2H3/b13-12-,19-17?,21-18?. The van der Waals surface area contributed by atoms with Gasteiger partial charge in [0.1, 0.15) is 5.84 Å². The lowest BCUT2D eigenvalue weighted by molar-refractivity contribution is 0.233. The first-order chi connectivity index (χ1) is 12.5. The lowest BCUT2D eigenvalue weighted by atomic mass is 9.93. The van der Waals surface area contributed by atoms with Crippen LogP contribution in [0.3, 0.4) is 0 Å². The molecule has 0 unspecified atom stereocenters. The number of allylic oxidation sites excluding steroid dienone is 1. The molecule has 0 atom stereocenters. The van der Waals surface area contributed by atoms with Crippen molar-refractivity contribution in [1.82, 2.24) is 15.7 Å². The third-order valence-corrected chi connectivity index (χ3v) is 5.33. The number of hydroxylamine groups is 1. The minimum atomic E-state index is 0.454. The van der Waals surface area contributed by atoms with E-state index in [9.17, 15) is 0 Å². The topological polar surface area (TPSA) is 98.8 Å². The quantitative estimate of drug-likeness (QED) is 0.456. The van der Waals surface area contributed by atoms with E-state index in [2.05, 4.69) is 20.7 Å². The molecular weight excluding hydrogens is 328 g/mol.